The summed E-state index contributed by atoms with van der Waals surface area (Å²) in [6, 6.07) is 0. The summed E-state index contributed by atoms with van der Waals surface area (Å²) in [4.78, 5) is 0. The van der Waals surface area contributed by atoms with E-state index in [-0.39, 0.29) is 17.0 Å². The summed E-state index contributed by atoms with van der Waals surface area (Å²) in [6.07, 6.45) is 3.58. The second-order valence-electron chi connectivity index (χ2n) is 5.13. The van der Waals surface area contributed by atoms with Crippen molar-refractivity contribution >= 4 is 0 Å². The Labute approximate surface area is 74.3 Å². The average Bonchev–Trinajstić information content (AvgIpc) is 2.20. The molecule has 12 heavy (non-hydrogen) atoms. The number of fused-ring (bicyclic) bond motifs is 2. The molecule has 2 aliphatic carbocycles. The zero-order chi connectivity index (χ0) is 8.28. The van der Waals surface area contributed by atoms with Gasteiger partial charge in [0.05, 0.1) is 6.10 Å². The summed E-state index contributed by atoms with van der Waals surface area (Å²) in [7, 11) is 0. The molecule has 0 aromatic rings. The fourth-order valence-corrected chi connectivity index (χ4v) is 3.16. The van der Waals surface area contributed by atoms with Crippen LogP contribution < -0.4 is 0 Å². The maximum Gasteiger partial charge on any atom is 0.0601 e. The van der Waals surface area contributed by atoms with Crippen molar-refractivity contribution in [2.45, 2.75) is 46.1 Å². The minimum Gasteiger partial charge on any atom is -0.412 e. The molecule has 0 saturated heterocycles. The van der Waals surface area contributed by atoms with Crippen LogP contribution in [0.4, 0.5) is 0 Å². The summed E-state index contributed by atoms with van der Waals surface area (Å²) in [6.45, 7) is 6.90. The lowest BCUT2D eigenvalue weighted by Crippen LogP contribution is -2.35. The van der Waals surface area contributed by atoms with Crippen LogP contribution in [0.5, 0.6) is 0 Å². The van der Waals surface area contributed by atoms with Crippen LogP contribution in [-0.4, -0.2) is 16.7 Å². The molecule has 72 valence electrons. The van der Waals surface area contributed by atoms with Crippen molar-refractivity contribution in [3.8, 4) is 0 Å². The Morgan fingerprint density at radius 2 is 1.83 bits per heavy atom. The molecular weight excluding hydrogens is 152 g/mol. The van der Waals surface area contributed by atoms with E-state index < -0.39 is 0 Å². The van der Waals surface area contributed by atoms with Crippen molar-refractivity contribution in [2.24, 2.45) is 16.7 Å². The Morgan fingerprint density at radius 1 is 1.25 bits per heavy atom. The third-order valence-electron chi connectivity index (χ3n) is 4.75. The van der Waals surface area contributed by atoms with Crippen LogP contribution in [-0.2, 0) is 0 Å². The Bertz CT molecular complexity index is 188. The van der Waals surface area contributed by atoms with Gasteiger partial charge in [-0.2, -0.15) is 0 Å². The summed E-state index contributed by atoms with van der Waals surface area (Å²) in [5.41, 5.74) is 0.601. The zero-order valence-corrected chi connectivity index (χ0v) is 8.22. The number of hydrogen-bond acceptors (Lipinski definition) is 1. The largest absolute Gasteiger partial charge is 0.412 e. The first-order valence-electron chi connectivity index (χ1n) is 4.66. The molecular formula is C10H20O2. The standard InChI is InChI=1S/C10H18O.H2O/c1-9(2)7-4-5-10(9,3)8(11)6-7;/h7-8,11H,4-6H2,1-3H3;1H2. The molecule has 0 heterocycles. The van der Waals surface area contributed by atoms with Gasteiger partial charge in [0.2, 0.25) is 0 Å². The van der Waals surface area contributed by atoms with Crippen LogP contribution >= 0.6 is 0 Å². The number of rotatable bonds is 0. The van der Waals surface area contributed by atoms with E-state index >= 15 is 0 Å². The van der Waals surface area contributed by atoms with Gasteiger partial charge in [-0.25, -0.2) is 0 Å². The molecule has 0 aromatic heterocycles. The van der Waals surface area contributed by atoms with Crippen LogP contribution in [0.15, 0.2) is 0 Å². The normalized spacial score (nSPS) is 49.0. The highest BCUT2D eigenvalue weighted by atomic mass is 16.3. The summed E-state index contributed by atoms with van der Waals surface area (Å²) in [5.74, 6) is 0.780. The van der Waals surface area contributed by atoms with Crippen LogP contribution in [0.1, 0.15) is 40.0 Å². The first-order valence-corrected chi connectivity index (χ1v) is 4.66. The van der Waals surface area contributed by atoms with E-state index in [1.54, 1.807) is 0 Å². The monoisotopic (exact) mass is 172 g/mol. The molecule has 2 bridgehead atoms. The minimum atomic E-state index is -0.0313. The second-order valence-corrected chi connectivity index (χ2v) is 5.13. The van der Waals surface area contributed by atoms with Gasteiger partial charge in [0.25, 0.3) is 0 Å². The van der Waals surface area contributed by atoms with Crippen LogP contribution in [0.25, 0.3) is 0 Å². The molecule has 0 radical (unpaired) electrons. The van der Waals surface area contributed by atoms with Crippen LogP contribution in [0, 0.1) is 16.7 Å². The predicted molar refractivity (Wildman–Crippen MR) is 48.8 cm³/mol. The zero-order valence-electron chi connectivity index (χ0n) is 8.22. The SMILES string of the molecule is CC1(C)C2CCC1(C)C(O)C2.O. The van der Waals surface area contributed by atoms with E-state index in [1.807, 2.05) is 0 Å². The van der Waals surface area contributed by atoms with E-state index in [1.165, 1.54) is 12.8 Å². The smallest absolute Gasteiger partial charge is 0.0601 e. The number of aliphatic hydroxyl groups excluding tert-OH is 1. The van der Waals surface area contributed by atoms with Crippen LogP contribution in [0.3, 0.4) is 0 Å². The lowest BCUT2D eigenvalue weighted by atomic mass is 9.70. The van der Waals surface area contributed by atoms with Gasteiger partial charge in [-0.15, -0.1) is 0 Å². The predicted octanol–water partition coefficient (Wildman–Crippen LogP) is 1.37. The van der Waals surface area contributed by atoms with E-state index in [2.05, 4.69) is 20.8 Å². The van der Waals surface area contributed by atoms with E-state index in [0.29, 0.717) is 5.41 Å². The summed E-state index contributed by atoms with van der Waals surface area (Å²) >= 11 is 0. The molecule has 2 heteroatoms. The van der Waals surface area contributed by atoms with Gasteiger partial charge in [0.1, 0.15) is 0 Å². The van der Waals surface area contributed by atoms with Gasteiger partial charge in [-0.1, -0.05) is 20.8 Å². The maximum absolute atomic E-state index is 9.81. The highest BCUT2D eigenvalue weighted by Gasteiger charge is 2.60. The van der Waals surface area contributed by atoms with E-state index in [4.69, 9.17) is 0 Å². The van der Waals surface area contributed by atoms with Gasteiger partial charge < -0.3 is 10.6 Å². The van der Waals surface area contributed by atoms with E-state index in [0.717, 1.165) is 12.3 Å². The topological polar surface area (TPSA) is 51.7 Å². The molecule has 0 spiro atoms. The lowest BCUT2D eigenvalue weighted by Gasteiger charge is -2.36. The molecule has 2 fully saturated rings. The Morgan fingerprint density at radius 3 is 2.00 bits per heavy atom. The van der Waals surface area contributed by atoms with Gasteiger partial charge in [-0.3, -0.25) is 0 Å². The second kappa shape index (κ2) is 2.46. The third-order valence-corrected chi connectivity index (χ3v) is 4.75. The van der Waals surface area contributed by atoms with Crippen LogP contribution in [0.2, 0.25) is 0 Å². The van der Waals surface area contributed by atoms with Crippen molar-refractivity contribution in [2.75, 3.05) is 0 Å². The molecule has 0 aliphatic heterocycles. The van der Waals surface area contributed by atoms with Crippen molar-refractivity contribution in [3.63, 3.8) is 0 Å². The van der Waals surface area contributed by atoms with Crippen molar-refractivity contribution in [3.05, 3.63) is 0 Å². The fourth-order valence-electron chi connectivity index (χ4n) is 3.16. The summed E-state index contributed by atoms with van der Waals surface area (Å²) < 4.78 is 0. The van der Waals surface area contributed by atoms with Gasteiger partial charge in [0.15, 0.2) is 0 Å². The average molecular weight is 172 g/mol. The Kier molecular flexibility index (Phi) is 2.05. The van der Waals surface area contributed by atoms with Gasteiger partial charge in [-0.05, 0) is 36.0 Å². The molecule has 3 atom stereocenters. The summed E-state index contributed by atoms with van der Waals surface area (Å²) in [5, 5.41) is 9.81. The number of hydrogen-bond donors (Lipinski definition) is 1. The fraction of sp³-hybridized carbons (Fsp3) is 1.00. The Hall–Kier alpha value is -0.0800. The third kappa shape index (κ3) is 0.826. The lowest BCUT2D eigenvalue weighted by molar-refractivity contribution is 0.0126. The minimum absolute atomic E-state index is 0. The van der Waals surface area contributed by atoms with Crippen molar-refractivity contribution in [1.29, 1.82) is 0 Å². The molecule has 3 unspecified atom stereocenters. The Balaban J connectivity index is 0.000000720. The maximum atomic E-state index is 9.81. The van der Waals surface area contributed by atoms with Crippen molar-refractivity contribution < 1.29 is 10.6 Å². The quantitative estimate of drug-likeness (QED) is 0.589. The molecule has 2 nitrogen and oxygen atoms in total. The first kappa shape index (κ1) is 10.0. The molecule has 3 N–H and O–H groups in total. The number of aliphatic hydroxyl groups is 1. The highest BCUT2D eigenvalue weighted by molar-refractivity contribution is 5.10. The van der Waals surface area contributed by atoms with Gasteiger partial charge >= 0.3 is 0 Å². The first-order chi connectivity index (χ1) is 4.98. The molecule has 0 aromatic carbocycles. The highest BCUT2D eigenvalue weighted by Crippen LogP contribution is 2.65. The molecule has 0 amide bonds. The van der Waals surface area contributed by atoms with Gasteiger partial charge in [0, 0.05) is 0 Å². The molecule has 2 saturated carbocycles. The molecule has 2 rings (SSSR count). The molecule has 2 aliphatic rings. The van der Waals surface area contributed by atoms with E-state index in [9.17, 15) is 5.11 Å². The van der Waals surface area contributed by atoms with Crippen molar-refractivity contribution in [1.82, 2.24) is 0 Å².